The van der Waals surface area contributed by atoms with Crippen molar-refractivity contribution >= 4 is 80.3 Å². The molecule has 2 aromatic carbocycles. The minimum atomic E-state index is -1.19. The van der Waals surface area contributed by atoms with Crippen molar-refractivity contribution in [1.82, 2.24) is 9.88 Å². The van der Waals surface area contributed by atoms with Crippen LogP contribution in [0.25, 0.3) is 0 Å². The number of likely N-dealkylation sites (tertiary alicyclic amines) is 1. The van der Waals surface area contributed by atoms with Crippen molar-refractivity contribution in [3.63, 3.8) is 0 Å². The fourth-order valence-electron chi connectivity index (χ4n) is 4.34. The number of amides is 2. The molecule has 3 aromatic rings. The van der Waals surface area contributed by atoms with Crippen LogP contribution in [0.2, 0.25) is 0 Å². The van der Waals surface area contributed by atoms with Crippen molar-refractivity contribution in [2.24, 2.45) is 0 Å². The zero-order valence-electron chi connectivity index (χ0n) is 22.1. The Balaban J connectivity index is 1.62. The van der Waals surface area contributed by atoms with Gasteiger partial charge >= 0.3 is 5.97 Å². The van der Waals surface area contributed by atoms with Crippen molar-refractivity contribution in [2.75, 3.05) is 30.3 Å². The van der Waals surface area contributed by atoms with Gasteiger partial charge in [-0.25, -0.2) is 9.78 Å². The fraction of sp³-hybridized carbons (Fsp3) is 0.276. The second kappa shape index (κ2) is 14.6. The first-order valence-electron chi connectivity index (χ1n) is 12.9. The van der Waals surface area contributed by atoms with Crippen molar-refractivity contribution in [1.29, 1.82) is 5.41 Å². The summed E-state index contributed by atoms with van der Waals surface area (Å²) in [5.41, 5.74) is 2.90. The highest BCUT2D eigenvalue weighted by molar-refractivity contribution is 14.1. The molecule has 0 aliphatic carbocycles. The number of pyridine rings is 1. The van der Waals surface area contributed by atoms with Gasteiger partial charge in [0, 0.05) is 39.3 Å². The summed E-state index contributed by atoms with van der Waals surface area (Å²) in [6.07, 6.45) is 4.95. The molecule has 4 N–H and O–H groups in total. The lowest BCUT2D eigenvalue weighted by molar-refractivity contribution is -0.139. The lowest BCUT2D eigenvalue weighted by atomic mass is 10.1. The van der Waals surface area contributed by atoms with Crippen LogP contribution in [0.15, 0.2) is 54.7 Å². The number of hydrogen-bond acceptors (Lipinski definition) is 6. The molecule has 0 radical (unpaired) electrons. The molecule has 1 fully saturated rings. The number of hydrogen-bond donors (Lipinski definition) is 4. The zero-order valence-corrected chi connectivity index (χ0v) is 26.4. The number of carboxylic acids is 1. The Labute approximate surface area is 265 Å². The number of aromatic nitrogens is 1. The largest absolute Gasteiger partial charge is 0.480 e. The summed E-state index contributed by atoms with van der Waals surface area (Å²) in [5, 5.41) is 23.3. The van der Waals surface area contributed by atoms with Gasteiger partial charge in [0.15, 0.2) is 6.61 Å². The third-order valence-electron chi connectivity index (χ3n) is 6.46. The van der Waals surface area contributed by atoms with Crippen molar-refractivity contribution in [2.45, 2.75) is 28.1 Å². The first-order valence-corrected chi connectivity index (χ1v) is 16.0. The monoisotopic (exact) mass is 781 g/mol. The summed E-state index contributed by atoms with van der Waals surface area (Å²) in [6.45, 7) is 1.04. The van der Waals surface area contributed by atoms with Gasteiger partial charge in [-0.15, -0.1) is 0 Å². The van der Waals surface area contributed by atoms with Crippen LogP contribution in [0, 0.1) is 5.41 Å². The second-order valence-electron chi connectivity index (χ2n) is 9.40. The molecular weight excluding hydrogens is 752 g/mol. The molecule has 4 rings (SSSR count). The average molecular weight is 781 g/mol. The van der Waals surface area contributed by atoms with E-state index in [0.29, 0.717) is 32.8 Å². The molecule has 0 unspecified atom stereocenters. The van der Waals surface area contributed by atoms with Crippen LogP contribution >= 0.6 is 45.2 Å². The standard InChI is InChI=1S/C29H29I2N5O5/c30-14-18-4-9-24(33-16-18)34-29(40)22-12-19(15-31)13-23(41-17-25(37)38)26(22)35-28(39)21-7-5-20(6-8-21)27(32)36-10-2-1-3-11-36/h4-9,12-13,16,32H,1-3,10-11,14-15,17H2,(H,35,39)(H,37,38)(H,33,34,40). The Bertz CT molecular complexity index is 1420. The Morgan fingerprint density at radius 2 is 1.59 bits per heavy atom. The molecule has 214 valence electrons. The average Bonchev–Trinajstić information content (AvgIpc) is 3.00. The minimum absolute atomic E-state index is 0.0522. The quantitative estimate of drug-likeness (QED) is 0.0891. The molecule has 10 nitrogen and oxygen atoms in total. The van der Waals surface area contributed by atoms with Crippen LogP contribution < -0.4 is 15.4 Å². The first-order chi connectivity index (χ1) is 19.8. The SMILES string of the molecule is N=C(c1ccc(C(=O)Nc2c(OCC(=O)O)cc(CI)cc2C(=O)Nc2ccc(CI)cn2)cc1)N1CCCCC1. The van der Waals surface area contributed by atoms with Gasteiger partial charge in [0.25, 0.3) is 11.8 Å². The summed E-state index contributed by atoms with van der Waals surface area (Å²) in [7, 11) is 0. The van der Waals surface area contributed by atoms with Crippen LogP contribution in [-0.2, 0) is 13.6 Å². The summed E-state index contributed by atoms with van der Waals surface area (Å²) in [4.78, 5) is 44.4. The maximum atomic E-state index is 13.4. The van der Waals surface area contributed by atoms with E-state index in [1.807, 2.05) is 11.0 Å². The molecule has 2 heterocycles. The van der Waals surface area contributed by atoms with E-state index in [-0.39, 0.29) is 17.0 Å². The lowest BCUT2D eigenvalue weighted by Crippen LogP contribution is -2.35. The Hall–Kier alpha value is -3.27. The zero-order chi connectivity index (χ0) is 29.4. The first kappa shape index (κ1) is 30.7. The van der Waals surface area contributed by atoms with Crippen LogP contribution in [-0.4, -0.2) is 58.3 Å². The molecule has 1 saturated heterocycles. The van der Waals surface area contributed by atoms with Gasteiger partial charge in [-0.2, -0.15) is 0 Å². The minimum Gasteiger partial charge on any atom is -0.480 e. The molecule has 1 aliphatic heterocycles. The van der Waals surface area contributed by atoms with Gasteiger partial charge in [-0.3, -0.25) is 15.0 Å². The van der Waals surface area contributed by atoms with Crippen LogP contribution in [0.5, 0.6) is 5.75 Å². The van der Waals surface area contributed by atoms with Gasteiger partial charge in [0.2, 0.25) is 0 Å². The van der Waals surface area contributed by atoms with E-state index < -0.39 is 24.4 Å². The number of aliphatic carboxylic acids is 1. The summed E-state index contributed by atoms with van der Waals surface area (Å²) in [6, 6.07) is 13.5. The highest BCUT2D eigenvalue weighted by Gasteiger charge is 2.22. The predicted molar refractivity (Wildman–Crippen MR) is 174 cm³/mol. The maximum Gasteiger partial charge on any atom is 0.341 e. The van der Waals surface area contributed by atoms with Crippen LogP contribution in [0.3, 0.4) is 0 Å². The van der Waals surface area contributed by atoms with Crippen molar-refractivity contribution < 1.29 is 24.2 Å². The van der Waals surface area contributed by atoms with Gasteiger partial charge in [0.05, 0.1) is 11.3 Å². The van der Waals surface area contributed by atoms with Gasteiger partial charge in [0.1, 0.15) is 17.4 Å². The highest BCUT2D eigenvalue weighted by atomic mass is 127. The van der Waals surface area contributed by atoms with E-state index in [4.69, 9.17) is 10.1 Å². The molecule has 0 spiro atoms. The molecule has 0 atom stereocenters. The van der Waals surface area contributed by atoms with E-state index >= 15 is 0 Å². The predicted octanol–water partition coefficient (Wildman–Crippen LogP) is 5.73. The molecule has 41 heavy (non-hydrogen) atoms. The summed E-state index contributed by atoms with van der Waals surface area (Å²) < 4.78 is 6.81. The molecule has 1 aromatic heterocycles. The molecule has 1 aliphatic rings. The normalized spacial score (nSPS) is 12.9. The number of nitrogens with zero attached hydrogens (tertiary/aromatic N) is 2. The number of halogens is 2. The number of carbonyl (C=O) groups excluding carboxylic acids is 2. The van der Waals surface area contributed by atoms with Crippen LogP contribution in [0.1, 0.15) is 56.7 Å². The van der Waals surface area contributed by atoms with E-state index in [1.54, 1.807) is 48.7 Å². The molecule has 12 heteroatoms. The van der Waals surface area contributed by atoms with Crippen molar-refractivity contribution in [3.05, 3.63) is 82.5 Å². The van der Waals surface area contributed by atoms with Gasteiger partial charge in [-0.1, -0.05) is 63.4 Å². The Morgan fingerprint density at radius 1 is 0.902 bits per heavy atom. The molecule has 0 bridgehead atoms. The lowest BCUT2D eigenvalue weighted by Gasteiger charge is -2.29. The summed E-state index contributed by atoms with van der Waals surface area (Å²) >= 11 is 4.35. The van der Waals surface area contributed by atoms with Gasteiger partial charge in [-0.05, 0) is 60.7 Å². The van der Waals surface area contributed by atoms with E-state index in [2.05, 4.69) is 60.8 Å². The number of anilines is 2. The third-order valence-corrected chi connectivity index (χ3v) is 8.23. The number of piperidine rings is 1. The summed E-state index contributed by atoms with van der Waals surface area (Å²) in [5.74, 6) is -1.42. The highest BCUT2D eigenvalue weighted by Crippen LogP contribution is 2.33. The number of ether oxygens (including phenoxy) is 1. The van der Waals surface area contributed by atoms with E-state index in [9.17, 15) is 19.5 Å². The Morgan fingerprint density at radius 3 is 2.20 bits per heavy atom. The Kier molecular flexibility index (Phi) is 10.9. The van der Waals surface area contributed by atoms with E-state index in [1.165, 1.54) is 6.42 Å². The number of rotatable bonds is 10. The topological polar surface area (TPSA) is 145 Å². The molecule has 2 amide bonds. The number of benzene rings is 2. The van der Waals surface area contributed by atoms with Gasteiger partial charge < -0.3 is 25.4 Å². The van der Waals surface area contributed by atoms with Crippen molar-refractivity contribution in [3.8, 4) is 5.75 Å². The van der Waals surface area contributed by atoms with E-state index in [0.717, 1.165) is 35.9 Å². The smallest absolute Gasteiger partial charge is 0.341 e. The number of alkyl halides is 2. The number of carbonyl (C=O) groups is 3. The number of carboxylic acid groups (broad SMARTS) is 1. The molecule has 0 saturated carbocycles. The second-order valence-corrected chi connectivity index (χ2v) is 10.9. The van der Waals surface area contributed by atoms with Crippen LogP contribution in [0.4, 0.5) is 11.5 Å². The number of amidine groups is 1. The fourth-order valence-corrected chi connectivity index (χ4v) is 5.23. The number of nitrogens with one attached hydrogen (secondary N) is 3. The third kappa shape index (κ3) is 8.15. The molecular formula is C29H29I2N5O5. The maximum absolute atomic E-state index is 13.4.